The number of thioether (sulfide) groups is 1. The lowest BCUT2D eigenvalue weighted by Gasteiger charge is -2.24. The van der Waals surface area contributed by atoms with Crippen molar-refractivity contribution in [2.24, 2.45) is 0 Å². The van der Waals surface area contributed by atoms with Crippen LogP contribution in [0.4, 0.5) is 4.39 Å². The Balaban J connectivity index is 1.18. The highest BCUT2D eigenvalue weighted by Gasteiger charge is 2.30. The van der Waals surface area contributed by atoms with Crippen molar-refractivity contribution in [1.29, 1.82) is 0 Å². The Bertz CT molecular complexity index is 1160. The van der Waals surface area contributed by atoms with Crippen molar-refractivity contribution >= 4 is 22.7 Å². The van der Waals surface area contributed by atoms with Crippen molar-refractivity contribution in [3.63, 3.8) is 0 Å². The molecule has 0 bridgehead atoms. The predicted octanol–water partition coefficient (Wildman–Crippen LogP) is 4.89. The number of aromatic nitrogens is 4. The monoisotopic (exact) mass is 449 g/mol. The number of aromatic amines is 1. The van der Waals surface area contributed by atoms with E-state index in [1.807, 2.05) is 28.6 Å². The minimum Gasteiger partial charge on any atom is -0.361 e. The average molecular weight is 450 g/mol. The van der Waals surface area contributed by atoms with Crippen LogP contribution in [-0.4, -0.2) is 49.0 Å². The van der Waals surface area contributed by atoms with Crippen LogP contribution < -0.4 is 0 Å². The Hall–Kier alpha value is -2.64. The number of hydrogen-bond acceptors (Lipinski definition) is 4. The van der Waals surface area contributed by atoms with Gasteiger partial charge in [-0.3, -0.25) is 4.90 Å². The van der Waals surface area contributed by atoms with Crippen LogP contribution in [0, 0.1) is 5.82 Å². The molecule has 7 heteroatoms. The summed E-state index contributed by atoms with van der Waals surface area (Å²) in [5.41, 5.74) is 4.98. The van der Waals surface area contributed by atoms with Crippen LogP contribution in [0.1, 0.15) is 30.0 Å². The fourth-order valence-corrected chi connectivity index (χ4v) is 5.91. The molecule has 0 amide bonds. The van der Waals surface area contributed by atoms with Gasteiger partial charge in [0.05, 0.1) is 6.54 Å². The van der Waals surface area contributed by atoms with Gasteiger partial charge in [-0.1, -0.05) is 18.2 Å². The molecule has 1 unspecified atom stereocenters. The zero-order valence-electron chi connectivity index (χ0n) is 18.2. The van der Waals surface area contributed by atoms with Crippen molar-refractivity contribution in [3.8, 4) is 0 Å². The van der Waals surface area contributed by atoms with Crippen LogP contribution in [0.25, 0.3) is 10.9 Å². The second kappa shape index (κ2) is 9.46. The number of H-pyrrole nitrogens is 1. The maximum absolute atomic E-state index is 13.1. The standard InChI is InChI=1S/C25H28FN5S/c1-18-25(32-15-19-2-5-22(26)6-3-19)9-11-30(18)10-8-21-13-28-24-7-4-20(12-23(21)24)14-31-17-27-16-29-31/h2-7,12-13,16-18,25,28H,8-11,14-15H2,1H3/t18?,25-/m1/s1. The summed E-state index contributed by atoms with van der Waals surface area (Å²) in [6, 6.07) is 14.0. The fraction of sp³-hybridized carbons (Fsp3) is 0.360. The highest BCUT2D eigenvalue weighted by Crippen LogP contribution is 2.31. The first-order valence-corrected chi connectivity index (χ1v) is 12.2. The second-order valence-electron chi connectivity index (χ2n) is 8.58. The molecule has 3 heterocycles. The van der Waals surface area contributed by atoms with Gasteiger partial charge in [0.15, 0.2) is 0 Å². The third-order valence-electron chi connectivity index (χ3n) is 6.50. The topological polar surface area (TPSA) is 49.7 Å². The third kappa shape index (κ3) is 4.74. The summed E-state index contributed by atoms with van der Waals surface area (Å²) in [6.07, 6.45) is 7.73. The summed E-state index contributed by atoms with van der Waals surface area (Å²) in [5.74, 6) is 0.780. The van der Waals surface area contributed by atoms with Crippen LogP contribution in [0.5, 0.6) is 0 Å². The molecule has 1 saturated heterocycles. The van der Waals surface area contributed by atoms with E-state index in [1.165, 1.54) is 34.0 Å². The van der Waals surface area contributed by atoms with Crippen LogP contribution in [0.3, 0.4) is 0 Å². The SMILES string of the molecule is CC1[C@H](SCc2ccc(F)cc2)CCN1CCc1c[nH]c2ccc(Cn3cncn3)cc12. The van der Waals surface area contributed by atoms with E-state index in [0.717, 1.165) is 31.8 Å². The quantitative estimate of drug-likeness (QED) is 0.416. The summed E-state index contributed by atoms with van der Waals surface area (Å²) in [7, 11) is 0. The first-order valence-electron chi connectivity index (χ1n) is 11.2. The van der Waals surface area contributed by atoms with E-state index in [2.05, 4.69) is 51.3 Å². The van der Waals surface area contributed by atoms with Gasteiger partial charge in [-0.15, -0.1) is 0 Å². The van der Waals surface area contributed by atoms with E-state index in [0.29, 0.717) is 11.3 Å². The molecule has 5 rings (SSSR count). The van der Waals surface area contributed by atoms with Gasteiger partial charge in [-0.05, 0) is 67.3 Å². The van der Waals surface area contributed by atoms with Gasteiger partial charge < -0.3 is 4.98 Å². The number of likely N-dealkylation sites (tertiary alicyclic amines) is 1. The van der Waals surface area contributed by atoms with E-state index in [-0.39, 0.29) is 5.82 Å². The predicted molar refractivity (Wildman–Crippen MR) is 128 cm³/mol. The molecular weight excluding hydrogens is 421 g/mol. The smallest absolute Gasteiger partial charge is 0.137 e. The van der Waals surface area contributed by atoms with Crippen molar-refractivity contribution in [2.75, 3.05) is 13.1 Å². The molecule has 0 aliphatic carbocycles. The van der Waals surface area contributed by atoms with E-state index in [4.69, 9.17) is 0 Å². The first kappa shape index (κ1) is 21.2. The summed E-state index contributed by atoms with van der Waals surface area (Å²) < 4.78 is 15.0. The van der Waals surface area contributed by atoms with Gasteiger partial charge in [0.2, 0.25) is 0 Å². The Morgan fingerprint density at radius 2 is 2.00 bits per heavy atom. The summed E-state index contributed by atoms with van der Waals surface area (Å²) in [6.45, 7) is 5.29. The minimum absolute atomic E-state index is 0.165. The van der Waals surface area contributed by atoms with Crippen molar-refractivity contribution in [3.05, 3.63) is 83.8 Å². The molecule has 32 heavy (non-hydrogen) atoms. The average Bonchev–Trinajstić information content (AvgIpc) is 3.53. The molecule has 0 spiro atoms. The summed E-state index contributed by atoms with van der Waals surface area (Å²) in [5, 5.41) is 6.14. The third-order valence-corrected chi connectivity index (χ3v) is 8.06. The molecule has 1 N–H and O–H groups in total. The maximum atomic E-state index is 13.1. The largest absolute Gasteiger partial charge is 0.361 e. The lowest BCUT2D eigenvalue weighted by molar-refractivity contribution is 0.274. The van der Waals surface area contributed by atoms with E-state index in [1.54, 1.807) is 24.8 Å². The molecule has 1 aliphatic heterocycles. The number of benzene rings is 2. The zero-order chi connectivity index (χ0) is 21.9. The van der Waals surface area contributed by atoms with Crippen molar-refractivity contribution in [2.45, 2.75) is 43.4 Å². The number of halogens is 1. The molecule has 0 saturated carbocycles. The Morgan fingerprint density at radius 1 is 1.16 bits per heavy atom. The Labute approximate surface area is 192 Å². The highest BCUT2D eigenvalue weighted by molar-refractivity contribution is 7.99. The highest BCUT2D eigenvalue weighted by atomic mass is 32.2. The molecule has 5 nitrogen and oxygen atoms in total. The van der Waals surface area contributed by atoms with Crippen LogP contribution >= 0.6 is 11.8 Å². The second-order valence-corrected chi connectivity index (χ2v) is 9.81. The molecule has 2 aromatic heterocycles. The first-order chi connectivity index (χ1) is 15.7. The van der Waals surface area contributed by atoms with Crippen LogP contribution in [-0.2, 0) is 18.7 Å². The van der Waals surface area contributed by atoms with E-state index < -0.39 is 0 Å². The van der Waals surface area contributed by atoms with Gasteiger partial charge in [0.1, 0.15) is 18.5 Å². The summed E-state index contributed by atoms with van der Waals surface area (Å²) >= 11 is 2.00. The number of fused-ring (bicyclic) bond motifs is 1. The number of nitrogens with one attached hydrogen (secondary N) is 1. The Kier molecular flexibility index (Phi) is 6.28. The van der Waals surface area contributed by atoms with Gasteiger partial charge >= 0.3 is 0 Å². The molecule has 4 aromatic rings. The zero-order valence-corrected chi connectivity index (χ0v) is 19.1. The molecule has 166 valence electrons. The molecule has 1 aliphatic rings. The van der Waals surface area contributed by atoms with Gasteiger partial charge in [0, 0.05) is 40.7 Å². The van der Waals surface area contributed by atoms with Crippen LogP contribution in [0.2, 0.25) is 0 Å². The molecule has 2 atom stereocenters. The van der Waals surface area contributed by atoms with E-state index >= 15 is 0 Å². The van der Waals surface area contributed by atoms with Crippen LogP contribution in [0.15, 0.2) is 61.3 Å². The minimum atomic E-state index is -0.165. The Morgan fingerprint density at radius 3 is 2.81 bits per heavy atom. The molecular formula is C25H28FN5S. The normalized spacial score (nSPS) is 19.2. The van der Waals surface area contributed by atoms with Crippen molar-refractivity contribution in [1.82, 2.24) is 24.6 Å². The number of nitrogens with zero attached hydrogens (tertiary/aromatic N) is 4. The fourth-order valence-electron chi connectivity index (χ4n) is 4.59. The number of rotatable bonds is 8. The van der Waals surface area contributed by atoms with Gasteiger partial charge in [-0.2, -0.15) is 16.9 Å². The van der Waals surface area contributed by atoms with Gasteiger partial charge in [0.25, 0.3) is 0 Å². The van der Waals surface area contributed by atoms with Gasteiger partial charge in [-0.25, -0.2) is 14.1 Å². The van der Waals surface area contributed by atoms with Crippen molar-refractivity contribution < 1.29 is 4.39 Å². The maximum Gasteiger partial charge on any atom is 0.137 e. The number of hydrogen-bond donors (Lipinski definition) is 1. The summed E-state index contributed by atoms with van der Waals surface area (Å²) in [4.78, 5) is 10.1. The van der Waals surface area contributed by atoms with E-state index in [9.17, 15) is 4.39 Å². The molecule has 2 aromatic carbocycles. The lowest BCUT2D eigenvalue weighted by atomic mass is 10.1. The molecule has 1 fully saturated rings. The lowest BCUT2D eigenvalue weighted by Crippen LogP contribution is -2.32. The molecule has 0 radical (unpaired) electrons.